The highest BCUT2D eigenvalue weighted by Gasteiger charge is 2.22. The Hall–Kier alpha value is -3.81. The number of carbonyl (C=O) groups is 1. The molecule has 0 saturated heterocycles. The summed E-state index contributed by atoms with van der Waals surface area (Å²) in [5.74, 6) is 0.174. The van der Waals surface area contributed by atoms with Gasteiger partial charge in [0.05, 0.1) is 19.0 Å². The van der Waals surface area contributed by atoms with Gasteiger partial charge in [-0.1, -0.05) is 25.1 Å². The first-order valence-corrected chi connectivity index (χ1v) is 9.72. The van der Waals surface area contributed by atoms with Gasteiger partial charge in [-0.2, -0.15) is 5.10 Å². The van der Waals surface area contributed by atoms with Crippen LogP contribution < -0.4 is 10.1 Å². The van der Waals surface area contributed by atoms with Gasteiger partial charge in [-0.25, -0.2) is 18.3 Å². The van der Waals surface area contributed by atoms with Crippen molar-refractivity contribution in [1.82, 2.24) is 14.6 Å². The predicted octanol–water partition coefficient (Wildman–Crippen LogP) is 5.16. The molecule has 0 unspecified atom stereocenters. The number of amides is 1. The third-order valence-electron chi connectivity index (χ3n) is 5.00. The Morgan fingerprint density at radius 3 is 2.58 bits per heavy atom. The van der Waals surface area contributed by atoms with Gasteiger partial charge in [0, 0.05) is 11.3 Å². The molecule has 1 N–H and O–H groups in total. The third-order valence-corrected chi connectivity index (χ3v) is 5.00. The fourth-order valence-corrected chi connectivity index (χ4v) is 3.35. The highest BCUT2D eigenvalue weighted by atomic mass is 19.3. The Balaban J connectivity index is 1.79. The van der Waals surface area contributed by atoms with E-state index < -0.39 is 12.3 Å². The van der Waals surface area contributed by atoms with Gasteiger partial charge >= 0.3 is 0 Å². The summed E-state index contributed by atoms with van der Waals surface area (Å²) in [5, 5.41) is 6.84. The molecule has 0 spiro atoms. The minimum atomic E-state index is -2.79. The lowest BCUT2D eigenvalue weighted by Gasteiger charge is -2.10. The Bertz CT molecular complexity index is 1240. The number of carbonyl (C=O) groups excluding carboxylic acids is 1. The van der Waals surface area contributed by atoms with Gasteiger partial charge in [0.1, 0.15) is 17.0 Å². The number of halogens is 2. The van der Waals surface area contributed by atoms with Crippen molar-refractivity contribution in [2.45, 2.75) is 19.8 Å². The summed E-state index contributed by atoms with van der Waals surface area (Å²) in [6.45, 7) is 1.98. The maximum atomic E-state index is 13.8. The van der Waals surface area contributed by atoms with E-state index in [1.807, 2.05) is 25.1 Å². The number of benzene rings is 2. The topological polar surface area (TPSA) is 68.5 Å². The zero-order valence-corrected chi connectivity index (χ0v) is 17.0. The van der Waals surface area contributed by atoms with Crippen LogP contribution in [0.5, 0.6) is 5.75 Å². The van der Waals surface area contributed by atoms with Gasteiger partial charge in [-0.15, -0.1) is 0 Å². The average Bonchev–Trinajstić information content (AvgIpc) is 3.23. The van der Waals surface area contributed by atoms with Gasteiger partial charge < -0.3 is 10.1 Å². The van der Waals surface area contributed by atoms with Crippen molar-refractivity contribution in [3.8, 4) is 17.0 Å². The summed E-state index contributed by atoms with van der Waals surface area (Å²) < 4.78 is 33.7. The minimum Gasteiger partial charge on any atom is -0.497 e. The molecule has 31 heavy (non-hydrogen) atoms. The number of rotatable bonds is 6. The Kier molecular flexibility index (Phi) is 5.62. The van der Waals surface area contributed by atoms with E-state index in [-0.39, 0.29) is 16.9 Å². The van der Waals surface area contributed by atoms with Crippen LogP contribution in [-0.4, -0.2) is 27.6 Å². The second kappa shape index (κ2) is 8.51. The summed E-state index contributed by atoms with van der Waals surface area (Å²) in [6, 6.07) is 15.6. The van der Waals surface area contributed by atoms with Crippen molar-refractivity contribution in [2.24, 2.45) is 0 Å². The number of nitrogens with zero attached hydrogens (tertiary/aromatic N) is 3. The molecule has 4 rings (SSSR count). The summed E-state index contributed by atoms with van der Waals surface area (Å²) >= 11 is 0. The maximum absolute atomic E-state index is 13.8. The van der Waals surface area contributed by atoms with Gasteiger partial charge in [0.2, 0.25) is 0 Å². The number of hydrogen-bond donors (Lipinski definition) is 1. The average molecular weight is 422 g/mol. The van der Waals surface area contributed by atoms with Crippen molar-refractivity contribution < 1.29 is 18.3 Å². The van der Waals surface area contributed by atoms with Crippen molar-refractivity contribution >= 4 is 17.2 Å². The van der Waals surface area contributed by atoms with Crippen LogP contribution in [0.3, 0.4) is 0 Å². The van der Waals surface area contributed by atoms with E-state index in [0.29, 0.717) is 22.7 Å². The standard InChI is InChI=1S/C23H20F2N4O2/c1-3-14-6-4-5-7-18(14)28-23(30)17-13-26-29-20(21(24)25)12-19(27-22(17)29)15-8-10-16(31-2)11-9-15/h4-13,21H,3H2,1-2H3,(H,28,30). The van der Waals surface area contributed by atoms with Crippen LogP contribution in [0.2, 0.25) is 0 Å². The fraction of sp³-hybridized carbons (Fsp3) is 0.174. The molecule has 0 saturated carbocycles. The second-order valence-corrected chi connectivity index (χ2v) is 6.85. The highest BCUT2D eigenvalue weighted by molar-refractivity contribution is 6.08. The van der Waals surface area contributed by atoms with E-state index in [1.54, 1.807) is 37.4 Å². The molecule has 4 aromatic rings. The summed E-state index contributed by atoms with van der Waals surface area (Å²) in [5.41, 5.74) is 2.40. The summed E-state index contributed by atoms with van der Waals surface area (Å²) in [4.78, 5) is 17.4. The molecule has 0 radical (unpaired) electrons. The van der Waals surface area contributed by atoms with Gasteiger partial charge in [-0.3, -0.25) is 4.79 Å². The monoisotopic (exact) mass is 422 g/mol. The number of nitrogens with one attached hydrogen (secondary N) is 1. The first kappa shape index (κ1) is 20.5. The number of ether oxygens (including phenoxy) is 1. The molecule has 0 fully saturated rings. The molecule has 158 valence electrons. The van der Waals surface area contributed by atoms with Crippen molar-refractivity contribution in [1.29, 1.82) is 0 Å². The first-order chi connectivity index (χ1) is 15.0. The lowest BCUT2D eigenvalue weighted by Crippen LogP contribution is -2.14. The lowest BCUT2D eigenvalue weighted by molar-refractivity contribution is 0.102. The second-order valence-electron chi connectivity index (χ2n) is 6.85. The molecule has 1 amide bonds. The number of aryl methyl sites for hydroxylation is 1. The van der Waals surface area contributed by atoms with Crippen LogP contribution in [0.15, 0.2) is 60.8 Å². The van der Waals surface area contributed by atoms with E-state index in [4.69, 9.17) is 4.74 Å². The fourth-order valence-electron chi connectivity index (χ4n) is 3.35. The smallest absolute Gasteiger partial charge is 0.280 e. The van der Waals surface area contributed by atoms with Crippen LogP contribution in [0.1, 0.15) is 35.0 Å². The molecule has 2 aromatic carbocycles. The summed E-state index contributed by atoms with van der Waals surface area (Å²) in [7, 11) is 1.54. The molecule has 2 aromatic heterocycles. The predicted molar refractivity (Wildman–Crippen MR) is 114 cm³/mol. The first-order valence-electron chi connectivity index (χ1n) is 9.72. The normalized spacial score (nSPS) is 11.1. The number of para-hydroxylation sites is 1. The molecule has 6 nitrogen and oxygen atoms in total. The molecule has 0 atom stereocenters. The number of hydrogen-bond acceptors (Lipinski definition) is 4. The molecular weight excluding hydrogens is 402 g/mol. The Labute approximate surface area is 177 Å². The van der Waals surface area contributed by atoms with Crippen LogP contribution in [0.25, 0.3) is 16.9 Å². The molecule has 0 aliphatic heterocycles. The van der Waals surface area contributed by atoms with Gasteiger partial charge in [-0.05, 0) is 48.4 Å². The maximum Gasteiger partial charge on any atom is 0.280 e. The number of methoxy groups -OCH3 is 1. The molecule has 2 heterocycles. The quantitative estimate of drug-likeness (QED) is 0.466. The molecular formula is C23H20F2N4O2. The zero-order valence-electron chi connectivity index (χ0n) is 17.0. The van der Waals surface area contributed by atoms with E-state index in [1.165, 1.54) is 12.3 Å². The highest BCUT2D eigenvalue weighted by Crippen LogP contribution is 2.28. The van der Waals surface area contributed by atoms with Gasteiger partial charge in [0.25, 0.3) is 12.3 Å². The zero-order chi connectivity index (χ0) is 22.0. The number of alkyl halides is 2. The van der Waals surface area contributed by atoms with Gasteiger partial charge in [0.15, 0.2) is 5.65 Å². The molecule has 0 aliphatic rings. The number of fused-ring (bicyclic) bond motifs is 1. The Morgan fingerprint density at radius 2 is 1.90 bits per heavy atom. The van der Waals surface area contributed by atoms with Crippen LogP contribution in [0, 0.1) is 0 Å². The largest absolute Gasteiger partial charge is 0.497 e. The van der Waals surface area contributed by atoms with E-state index >= 15 is 0 Å². The van der Waals surface area contributed by atoms with Crippen molar-refractivity contribution in [2.75, 3.05) is 12.4 Å². The van der Waals surface area contributed by atoms with E-state index in [0.717, 1.165) is 16.5 Å². The van der Waals surface area contributed by atoms with Crippen LogP contribution in [0.4, 0.5) is 14.5 Å². The lowest BCUT2D eigenvalue weighted by atomic mass is 10.1. The molecule has 8 heteroatoms. The SMILES string of the molecule is CCc1ccccc1NC(=O)c1cnn2c(C(F)F)cc(-c3ccc(OC)cc3)nc12. The van der Waals surface area contributed by atoms with Crippen molar-refractivity contribution in [3.05, 3.63) is 77.6 Å². The minimum absolute atomic E-state index is 0.0649. The third kappa shape index (κ3) is 3.96. The molecule has 0 bridgehead atoms. The van der Waals surface area contributed by atoms with E-state index in [2.05, 4.69) is 15.4 Å². The van der Waals surface area contributed by atoms with Crippen LogP contribution >= 0.6 is 0 Å². The molecule has 0 aliphatic carbocycles. The number of anilines is 1. The number of aromatic nitrogens is 3. The van der Waals surface area contributed by atoms with Crippen LogP contribution in [-0.2, 0) is 6.42 Å². The van der Waals surface area contributed by atoms with E-state index in [9.17, 15) is 13.6 Å². The summed E-state index contributed by atoms with van der Waals surface area (Å²) in [6.07, 6.45) is -0.796. The Morgan fingerprint density at radius 1 is 1.16 bits per heavy atom. The van der Waals surface area contributed by atoms with Crippen molar-refractivity contribution in [3.63, 3.8) is 0 Å².